The lowest BCUT2D eigenvalue weighted by Gasteiger charge is -2.31. The summed E-state index contributed by atoms with van der Waals surface area (Å²) in [6.07, 6.45) is -0.443. The summed E-state index contributed by atoms with van der Waals surface area (Å²) < 4.78 is 22.9. The van der Waals surface area contributed by atoms with Crippen molar-refractivity contribution in [1.82, 2.24) is 0 Å². The third kappa shape index (κ3) is 5.20. The third-order valence-corrected chi connectivity index (χ3v) is 3.56. The van der Waals surface area contributed by atoms with Crippen LogP contribution in [0.4, 0.5) is 0 Å². The van der Waals surface area contributed by atoms with E-state index < -0.39 is 24.2 Å². The van der Waals surface area contributed by atoms with Gasteiger partial charge in [-0.05, 0) is 25.5 Å². The molecular formula is C17H25NO5. The van der Waals surface area contributed by atoms with Crippen LogP contribution in [0, 0.1) is 0 Å². The first-order valence-electron chi connectivity index (χ1n) is 7.99. The Morgan fingerprint density at radius 1 is 1.26 bits per heavy atom. The first-order chi connectivity index (χ1) is 11.1. The standard InChI is InChI=1S/C17H25NO5/c1-3-9-21-15-11-20-10-14(18)17(19)22-12(2)16(15)23-13-7-5-4-6-8-13/h4-8,12,14-16H,3,9-11,18H2,1-2H3/t12-,14-,15-,16-/m0/s1. The van der Waals surface area contributed by atoms with Gasteiger partial charge in [-0.25, -0.2) is 0 Å². The smallest absolute Gasteiger partial charge is 0.325 e. The Bertz CT molecular complexity index is 481. The number of benzene rings is 1. The molecule has 6 heteroatoms. The highest BCUT2D eigenvalue weighted by molar-refractivity contribution is 5.75. The van der Waals surface area contributed by atoms with Gasteiger partial charge in [-0.15, -0.1) is 0 Å². The van der Waals surface area contributed by atoms with Crippen LogP contribution in [-0.2, 0) is 19.0 Å². The van der Waals surface area contributed by atoms with Gasteiger partial charge in [-0.2, -0.15) is 0 Å². The first-order valence-corrected chi connectivity index (χ1v) is 7.99. The minimum Gasteiger partial charge on any atom is -0.484 e. The molecular weight excluding hydrogens is 298 g/mol. The highest BCUT2D eigenvalue weighted by atomic mass is 16.6. The molecule has 0 aromatic heterocycles. The van der Waals surface area contributed by atoms with Gasteiger partial charge in [-0.3, -0.25) is 4.79 Å². The number of cyclic esters (lactones) is 1. The number of esters is 1. The molecule has 1 aliphatic rings. The summed E-state index contributed by atoms with van der Waals surface area (Å²) in [5.74, 6) is 0.198. The predicted molar refractivity (Wildman–Crippen MR) is 85.2 cm³/mol. The summed E-state index contributed by atoms with van der Waals surface area (Å²) in [7, 11) is 0. The van der Waals surface area contributed by atoms with Crippen LogP contribution < -0.4 is 10.5 Å². The van der Waals surface area contributed by atoms with E-state index in [-0.39, 0.29) is 12.7 Å². The quantitative estimate of drug-likeness (QED) is 0.828. The molecule has 0 amide bonds. The molecule has 128 valence electrons. The Kier molecular flexibility index (Phi) is 6.83. The Morgan fingerprint density at radius 3 is 2.70 bits per heavy atom. The van der Waals surface area contributed by atoms with Crippen molar-refractivity contribution in [3.8, 4) is 5.75 Å². The van der Waals surface area contributed by atoms with Gasteiger partial charge in [0, 0.05) is 6.61 Å². The lowest BCUT2D eigenvalue weighted by Crippen LogP contribution is -2.46. The van der Waals surface area contributed by atoms with Gasteiger partial charge in [0.05, 0.1) is 13.2 Å². The first kappa shape index (κ1) is 17.7. The topological polar surface area (TPSA) is 80.0 Å². The van der Waals surface area contributed by atoms with Crippen molar-refractivity contribution in [3.05, 3.63) is 30.3 Å². The number of hydrogen-bond donors (Lipinski definition) is 1. The second-order valence-electron chi connectivity index (χ2n) is 5.59. The molecule has 1 aromatic rings. The number of rotatable bonds is 5. The highest BCUT2D eigenvalue weighted by Gasteiger charge is 2.35. The molecule has 0 bridgehead atoms. The zero-order chi connectivity index (χ0) is 16.7. The molecule has 23 heavy (non-hydrogen) atoms. The summed E-state index contributed by atoms with van der Waals surface area (Å²) >= 11 is 0. The maximum Gasteiger partial charge on any atom is 0.325 e. The zero-order valence-electron chi connectivity index (χ0n) is 13.6. The van der Waals surface area contributed by atoms with Gasteiger partial charge in [0.2, 0.25) is 0 Å². The van der Waals surface area contributed by atoms with Crippen LogP contribution in [0.15, 0.2) is 30.3 Å². The van der Waals surface area contributed by atoms with Crippen LogP contribution in [0.3, 0.4) is 0 Å². The molecule has 1 heterocycles. The Balaban J connectivity index is 2.18. The number of nitrogens with two attached hydrogens (primary N) is 1. The van der Waals surface area contributed by atoms with Crippen molar-refractivity contribution < 1.29 is 23.7 Å². The molecule has 1 fully saturated rings. The molecule has 0 radical (unpaired) electrons. The minimum absolute atomic E-state index is 0.107. The summed E-state index contributed by atoms with van der Waals surface area (Å²) in [4.78, 5) is 11.9. The van der Waals surface area contributed by atoms with Crippen molar-refractivity contribution in [2.75, 3.05) is 19.8 Å². The summed E-state index contributed by atoms with van der Waals surface area (Å²) in [5, 5.41) is 0. The Morgan fingerprint density at radius 2 is 2.00 bits per heavy atom. The van der Waals surface area contributed by atoms with Crippen LogP contribution in [0.2, 0.25) is 0 Å². The van der Waals surface area contributed by atoms with Crippen molar-refractivity contribution in [2.45, 2.75) is 44.6 Å². The highest BCUT2D eigenvalue weighted by Crippen LogP contribution is 2.20. The number of carbonyl (C=O) groups excluding carboxylic acids is 1. The van der Waals surface area contributed by atoms with Crippen LogP contribution in [0.5, 0.6) is 5.75 Å². The minimum atomic E-state index is -0.792. The molecule has 2 N–H and O–H groups in total. The second kappa shape index (κ2) is 8.86. The Labute approximate surface area is 136 Å². The van der Waals surface area contributed by atoms with E-state index in [0.29, 0.717) is 19.0 Å². The third-order valence-electron chi connectivity index (χ3n) is 3.56. The zero-order valence-corrected chi connectivity index (χ0v) is 13.6. The number of ether oxygens (including phenoxy) is 4. The Hall–Kier alpha value is -1.63. The molecule has 0 aliphatic carbocycles. The van der Waals surface area contributed by atoms with Gasteiger partial charge >= 0.3 is 5.97 Å². The molecule has 1 aliphatic heterocycles. The molecule has 2 rings (SSSR count). The van der Waals surface area contributed by atoms with E-state index in [2.05, 4.69) is 0 Å². The van der Waals surface area contributed by atoms with Crippen molar-refractivity contribution in [1.29, 1.82) is 0 Å². The van der Waals surface area contributed by atoms with Gasteiger partial charge in [0.15, 0.2) is 6.10 Å². The van der Waals surface area contributed by atoms with Crippen molar-refractivity contribution in [2.24, 2.45) is 5.73 Å². The van der Waals surface area contributed by atoms with Crippen LogP contribution in [0.1, 0.15) is 20.3 Å². The molecule has 0 spiro atoms. The van der Waals surface area contributed by atoms with E-state index in [1.165, 1.54) is 0 Å². The van der Waals surface area contributed by atoms with Gasteiger partial charge in [0.1, 0.15) is 24.0 Å². The van der Waals surface area contributed by atoms with E-state index in [4.69, 9.17) is 24.7 Å². The fraction of sp³-hybridized carbons (Fsp3) is 0.588. The fourth-order valence-electron chi connectivity index (χ4n) is 2.35. The van der Waals surface area contributed by atoms with Crippen LogP contribution in [-0.4, -0.2) is 50.1 Å². The second-order valence-corrected chi connectivity index (χ2v) is 5.59. The van der Waals surface area contributed by atoms with E-state index in [0.717, 1.165) is 6.42 Å². The van der Waals surface area contributed by atoms with E-state index in [1.54, 1.807) is 6.92 Å². The van der Waals surface area contributed by atoms with Crippen LogP contribution in [0.25, 0.3) is 0 Å². The molecule has 0 unspecified atom stereocenters. The van der Waals surface area contributed by atoms with Crippen molar-refractivity contribution >= 4 is 5.97 Å². The van der Waals surface area contributed by atoms with Crippen LogP contribution >= 0.6 is 0 Å². The lowest BCUT2D eigenvalue weighted by molar-refractivity contribution is -0.158. The van der Waals surface area contributed by atoms with E-state index in [1.807, 2.05) is 37.3 Å². The normalized spacial score (nSPS) is 29.1. The molecule has 4 atom stereocenters. The monoisotopic (exact) mass is 323 g/mol. The lowest BCUT2D eigenvalue weighted by atomic mass is 10.1. The summed E-state index contributed by atoms with van der Waals surface area (Å²) in [6.45, 7) is 4.80. The van der Waals surface area contributed by atoms with E-state index in [9.17, 15) is 4.79 Å². The van der Waals surface area contributed by atoms with Gasteiger partial charge < -0.3 is 24.7 Å². The molecule has 1 aromatic carbocycles. The van der Waals surface area contributed by atoms with E-state index >= 15 is 0 Å². The number of para-hydroxylation sites is 1. The molecule has 0 saturated carbocycles. The van der Waals surface area contributed by atoms with Gasteiger partial charge in [0.25, 0.3) is 0 Å². The predicted octanol–water partition coefficient (Wildman–Crippen LogP) is 1.52. The molecule has 1 saturated heterocycles. The average molecular weight is 323 g/mol. The SMILES string of the molecule is CCCO[C@H]1COC[C@H](N)C(=O)O[C@@H](C)[C@@H]1Oc1ccccc1. The molecule has 6 nitrogen and oxygen atoms in total. The fourth-order valence-corrected chi connectivity index (χ4v) is 2.35. The number of carbonyl (C=O) groups is 1. The van der Waals surface area contributed by atoms with Crippen molar-refractivity contribution in [3.63, 3.8) is 0 Å². The average Bonchev–Trinajstić information content (AvgIpc) is 2.60. The van der Waals surface area contributed by atoms with Gasteiger partial charge in [-0.1, -0.05) is 25.1 Å². The summed E-state index contributed by atoms with van der Waals surface area (Å²) in [5.41, 5.74) is 5.74. The summed E-state index contributed by atoms with van der Waals surface area (Å²) in [6, 6.07) is 8.59. The maximum atomic E-state index is 11.9. The largest absolute Gasteiger partial charge is 0.484 e. The maximum absolute atomic E-state index is 11.9. The number of hydrogen-bond acceptors (Lipinski definition) is 6.